The quantitative estimate of drug-likeness (QED) is 0.812. The second-order valence-electron chi connectivity index (χ2n) is 3.26. The monoisotopic (exact) mass is 214 g/mol. The van der Waals surface area contributed by atoms with Crippen molar-refractivity contribution in [2.75, 3.05) is 11.1 Å². The molecule has 3 N–H and O–H groups in total. The number of pyridine rings is 1. The molecule has 0 atom stereocenters. The van der Waals surface area contributed by atoms with Gasteiger partial charge in [-0.25, -0.2) is 4.98 Å². The molecule has 0 aliphatic rings. The molecule has 2 heterocycles. The molecule has 80 valence electrons. The first-order valence-electron chi connectivity index (χ1n) is 4.70. The molecule has 0 saturated heterocycles. The zero-order valence-electron chi connectivity index (χ0n) is 8.47. The summed E-state index contributed by atoms with van der Waals surface area (Å²) in [5.74, 6) is 0.526. The highest BCUT2D eigenvalue weighted by molar-refractivity contribution is 5.57. The summed E-state index contributed by atoms with van der Waals surface area (Å²) in [7, 11) is 0. The molecule has 0 aliphatic heterocycles. The predicted octanol–water partition coefficient (Wildman–Crippen LogP) is 1.74. The molecular weight excluding hydrogens is 204 g/mol. The van der Waals surface area contributed by atoms with E-state index in [2.05, 4.69) is 10.3 Å². The first kappa shape index (κ1) is 10.1. The average molecular weight is 214 g/mol. The second kappa shape index (κ2) is 4.36. The number of nitriles is 1. The summed E-state index contributed by atoms with van der Waals surface area (Å²) in [4.78, 5) is 4.06. The van der Waals surface area contributed by atoms with Crippen LogP contribution in [0.2, 0.25) is 0 Å². The summed E-state index contributed by atoms with van der Waals surface area (Å²) in [5.41, 5.74) is 7.44. The minimum Gasteiger partial charge on any atom is -0.472 e. The van der Waals surface area contributed by atoms with E-state index >= 15 is 0 Å². The molecule has 2 aromatic heterocycles. The maximum atomic E-state index is 8.90. The number of nitrogens with one attached hydrogen (secondary N) is 1. The number of hydrogen-bond acceptors (Lipinski definition) is 5. The van der Waals surface area contributed by atoms with Crippen molar-refractivity contribution in [1.82, 2.24) is 4.98 Å². The van der Waals surface area contributed by atoms with Crippen LogP contribution in [0.25, 0.3) is 0 Å². The lowest BCUT2D eigenvalue weighted by Crippen LogP contribution is -2.03. The Bertz CT molecular complexity index is 513. The number of anilines is 2. The van der Waals surface area contributed by atoms with Crippen LogP contribution in [-0.4, -0.2) is 4.98 Å². The maximum Gasteiger partial charge on any atom is 0.144 e. The summed E-state index contributed by atoms with van der Waals surface area (Å²) in [6.45, 7) is 0.558. The van der Waals surface area contributed by atoms with E-state index in [-0.39, 0.29) is 0 Å². The van der Waals surface area contributed by atoms with Gasteiger partial charge < -0.3 is 15.5 Å². The molecule has 0 bridgehead atoms. The Morgan fingerprint density at radius 1 is 1.56 bits per heavy atom. The van der Waals surface area contributed by atoms with Crippen LogP contribution in [0, 0.1) is 11.3 Å². The van der Waals surface area contributed by atoms with E-state index in [1.807, 2.05) is 12.1 Å². The van der Waals surface area contributed by atoms with Crippen molar-refractivity contribution >= 4 is 11.5 Å². The van der Waals surface area contributed by atoms with Gasteiger partial charge in [-0.05, 0) is 12.1 Å². The van der Waals surface area contributed by atoms with Gasteiger partial charge in [0.1, 0.15) is 11.9 Å². The van der Waals surface area contributed by atoms with Crippen molar-refractivity contribution < 1.29 is 4.42 Å². The SMILES string of the molecule is N#Cc1cc(N)cnc1NCc1ccoc1. The van der Waals surface area contributed by atoms with E-state index in [0.29, 0.717) is 23.6 Å². The largest absolute Gasteiger partial charge is 0.472 e. The number of nitrogens with zero attached hydrogens (tertiary/aromatic N) is 2. The van der Waals surface area contributed by atoms with Crippen LogP contribution in [0.4, 0.5) is 11.5 Å². The molecule has 0 aliphatic carbocycles. The summed E-state index contributed by atoms with van der Waals surface area (Å²) in [6.07, 6.45) is 4.74. The number of furan rings is 1. The fourth-order valence-electron chi connectivity index (χ4n) is 1.29. The van der Waals surface area contributed by atoms with Gasteiger partial charge in [0.15, 0.2) is 0 Å². The molecule has 5 nitrogen and oxygen atoms in total. The molecule has 0 amide bonds. The summed E-state index contributed by atoms with van der Waals surface area (Å²) in [6, 6.07) is 5.47. The van der Waals surface area contributed by atoms with E-state index in [1.165, 1.54) is 6.20 Å². The van der Waals surface area contributed by atoms with Gasteiger partial charge in [0.25, 0.3) is 0 Å². The fourth-order valence-corrected chi connectivity index (χ4v) is 1.29. The smallest absolute Gasteiger partial charge is 0.144 e. The van der Waals surface area contributed by atoms with Crippen LogP contribution in [-0.2, 0) is 6.54 Å². The Balaban J connectivity index is 2.13. The average Bonchev–Trinajstić information content (AvgIpc) is 2.80. The van der Waals surface area contributed by atoms with Crippen LogP contribution in [0.15, 0.2) is 35.3 Å². The second-order valence-corrected chi connectivity index (χ2v) is 3.26. The van der Waals surface area contributed by atoms with Crippen molar-refractivity contribution in [3.05, 3.63) is 42.0 Å². The number of nitrogen functional groups attached to an aromatic ring is 1. The van der Waals surface area contributed by atoms with Gasteiger partial charge in [0.05, 0.1) is 30.0 Å². The van der Waals surface area contributed by atoms with Crippen molar-refractivity contribution in [2.24, 2.45) is 0 Å². The molecular formula is C11H10N4O. The van der Waals surface area contributed by atoms with Gasteiger partial charge in [0, 0.05) is 12.1 Å². The van der Waals surface area contributed by atoms with Gasteiger partial charge in [-0.3, -0.25) is 0 Å². The topological polar surface area (TPSA) is 87.9 Å². The van der Waals surface area contributed by atoms with E-state index in [9.17, 15) is 0 Å². The molecule has 0 radical (unpaired) electrons. The van der Waals surface area contributed by atoms with E-state index in [4.69, 9.17) is 15.4 Å². The predicted molar refractivity (Wildman–Crippen MR) is 59.4 cm³/mol. The number of nitrogens with two attached hydrogens (primary N) is 1. The van der Waals surface area contributed by atoms with Crippen LogP contribution in [0.3, 0.4) is 0 Å². The summed E-state index contributed by atoms with van der Waals surface area (Å²) in [5, 5.41) is 11.9. The van der Waals surface area contributed by atoms with Gasteiger partial charge >= 0.3 is 0 Å². The standard InChI is InChI=1S/C11H10N4O/c12-4-9-3-10(13)6-15-11(9)14-5-8-1-2-16-7-8/h1-3,6-7H,5,13H2,(H,14,15). The Morgan fingerprint density at radius 2 is 2.44 bits per heavy atom. The Hall–Kier alpha value is -2.48. The summed E-state index contributed by atoms with van der Waals surface area (Å²) < 4.78 is 4.93. The molecule has 2 rings (SSSR count). The van der Waals surface area contributed by atoms with Gasteiger partial charge in [-0.15, -0.1) is 0 Å². The van der Waals surface area contributed by atoms with Crippen LogP contribution >= 0.6 is 0 Å². The number of aromatic nitrogens is 1. The highest BCUT2D eigenvalue weighted by atomic mass is 16.3. The zero-order chi connectivity index (χ0) is 11.4. The van der Waals surface area contributed by atoms with Crippen LogP contribution in [0.1, 0.15) is 11.1 Å². The van der Waals surface area contributed by atoms with Gasteiger partial charge in [0.2, 0.25) is 0 Å². The lowest BCUT2D eigenvalue weighted by molar-refractivity contribution is 0.564. The molecule has 2 aromatic rings. The van der Waals surface area contributed by atoms with Crippen molar-refractivity contribution in [1.29, 1.82) is 5.26 Å². The molecule has 0 saturated carbocycles. The molecule has 5 heteroatoms. The first-order chi connectivity index (χ1) is 7.79. The summed E-state index contributed by atoms with van der Waals surface area (Å²) >= 11 is 0. The Kier molecular flexibility index (Phi) is 2.74. The third-order valence-electron chi connectivity index (χ3n) is 2.07. The van der Waals surface area contributed by atoms with E-state index < -0.39 is 0 Å². The normalized spacial score (nSPS) is 9.69. The number of hydrogen-bond donors (Lipinski definition) is 2. The fraction of sp³-hybridized carbons (Fsp3) is 0.0909. The van der Waals surface area contributed by atoms with Crippen molar-refractivity contribution in [3.8, 4) is 6.07 Å². The minimum absolute atomic E-state index is 0.434. The third-order valence-corrected chi connectivity index (χ3v) is 2.07. The highest BCUT2D eigenvalue weighted by Crippen LogP contribution is 2.15. The van der Waals surface area contributed by atoms with E-state index in [0.717, 1.165) is 5.56 Å². The molecule has 16 heavy (non-hydrogen) atoms. The zero-order valence-corrected chi connectivity index (χ0v) is 8.47. The highest BCUT2D eigenvalue weighted by Gasteiger charge is 2.04. The molecule has 0 spiro atoms. The van der Waals surface area contributed by atoms with Gasteiger partial charge in [-0.2, -0.15) is 5.26 Å². The Labute approximate surface area is 92.5 Å². The van der Waals surface area contributed by atoms with Crippen LogP contribution in [0.5, 0.6) is 0 Å². The lowest BCUT2D eigenvalue weighted by atomic mass is 10.2. The maximum absolute atomic E-state index is 8.90. The van der Waals surface area contributed by atoms with Crippen LogP contribution < -0.4 is 11.1 Å². The van der Waals surface area contributed by atoms with Gasteiger partial charge in [-0.1, -0.05) is 0 Å². The number of rotatable bonds is 3. The molecule has 0 fully saturated rings. The molecule has 0 unspecified atom stereocenters. The first-order valence-corrected chi connectivity index (χ1v) is 4.70. The third kappa shape index (κ3) is 2.12. The van der Waals surface area contributed by atoms with Crippen molar-refractivity contribution in [2.45, 2.75) is 6.54 Å². The van der Waals surface area contributed by atoms with Crippen molar-refractivity contribution in [3.63, 3.8) is 0 Å². The minimum atomic E-state index is 0.434. The lowest BCUT2D eigenvalue weighted by Gasteiger charge is -2.05. The van der Waals surface area contributed by atoms with E-state index in [1.54, 1.807) is 18.6 Å². The Morgan fingerprint density at radius 3 is 3.12 bits per heavy atom. The molecule has 0 aromatic carbocycles.